The highest BCUT2D eigenvalue weighted by atomic mass is 79.9. The number of halogens is 1. The van der Waals surface area contributed by atoms with E-state index in [2.05, 4.69) is 105 Å². The minimum absolute atomic E-state index is 0.488. The van der Waals surface area contributed by atoms with Crippen LogP contribution >= 0.6 is 27.3 Å². The fraction of sp³-hybridized carbons (Fsp3) is 0.660. The maximum absolute atomic E-state index is 7.02. The summed E-state index contributed by atoms with van der Waals surface area (Å²) in [7, 11) is -0.620. The molecule has 2 aliphatic heterocycles. The van der Waals surface area contributed by atoms with Crippen molar-refractivity contribution in [3.8, 4) is 21.9 Å². The van der Waals surface area contributed by atoms with Crippen molar-refractivity contribution in [3.63, 3.8) is 0 Å². The highest BCUT2D eigenvalue weighted by molar-refractivity contribution is 9.11. The van der Waals surface area contributed by atoms with E-state index >= 15 is 0 Å². The number of benzene rings is 2. The molecular formula is C47H70BBrN4O4S. The van der Waals surface area contributed by atoms with E-state index in [1.54, 1.807) is 11.3 Å². The summed E-state index contributed by atoms with van der Waals surface area (Å²) in [5, 5.41) is 10.7. The van der Waals surface area contributed by atoms with Crippen molar-refractivity contribution in [3.05, 3.63) is 51.8 Å². The number of aromatic nitrogens is 3. The molecule has 1 fully saturated rings. The Morgan fingerprint density at radius 2 is 1.26 bits per heavy atom. The summed E-state index contributed by atoms with van der Waals surface area (Å²) in [4.78, 5) is 5.46. The van der Waals surface area contributed by atoms with Crippen LogP contribution in [0.4, 0.5) is 0 Å². The SMILES string of the molecule is CCCCCCCCCCC(CCCCCCCC)Cn1nc2c(B3OC(C)(C)CN(Cc4ccccc4)CC(C)(C)O3)ccc(-c3sc(Br)c4c3OCCO4)c2n1. The highest BCUT2D eigenvalue weighted by Crippen LogP contribution is 2.52. The summed E-state index contributed by atoms with van der Waals surface area (Å²) in [6.45, 7) is 17.5. The molecule has 1 saturated heterocycles. The molecule has 0 aliphatic carbocycles. The minimum Gasteiger partial charge on any atom is -0.485 e. The van der Waals surface area contributed by atoms with Crippen LogP contribution in [0.5, 0.6) is 11.5 Å². The number of hydrogen-bond acceptors (Lipinski definition) is 8. The van der Waals surface area contributed by atoms with Crippen molar-refractivity contribution >= 4 is 50.9 Å². The fourth-order valence-electron chi connectivity index (χ4n) is 8.83. The van der Waals surface area contributed by atoms with Crippen molar-refractivity contribution in [2.75, 3.05) is 26.3 Å². The van der Waals surface area contributed by atoms with Crippen LogP contribution in [-0.2, 0) is 22.4 Å². The molecule has 0 N–H and O–H groups in total. The molecule has 2 aliphatic rings. The van der Waals surface area contributed by atoms with Gasteiger partial charge in [0, 0.05) is 30.7 Å². The number of unbranched alkanes of at least 4 members (excludes halogenated alkanes) is 12. The van der Waals surface area contributed by atoms with Gasteiger partial charge in [0.15, 0.2) is 11.5 Å². The number of fused-ring (bicyclic) bond motifs is 2. The lowest BCUT2D eigenvalue weighted by molar-refractivity contribution is -0.0488. The first-order chi connectivity index (χ1) is 28.1. The van der Waals surface area contributed by atoms with Gasteiger partial charge in [-0.2, -0.15) is 15.0 Å². The minimum atomic E-state index is -0.620. The predicted molar refractivity (Wildman–Crippen MR) is 246 cm³/mol. The van der Waals surface area contributed by atoms with E-state index in [0.29, 0.717) is 19.1 Å². The van der Waals surface area contributed by atoms with Crippen molar-refractivity contribution in [2.24, 2.45) is 5.92 Å². The molecule has 2 aromatic carbocycles. The molecule has 8 nitrogen and oxygen atoms in total. The first kappa shape index (κ1) is 45.1. The lowest BCUT2D eigenvalue weighted by Crippen LogP contribution is -2.58. The number of nitrogens with zero attached hydrogens (tertiary/aromatic N) is 4. The zero-order valence-electron chi connectivity index (χ0n) is 36.5. The summed E-state index contributed by atoms with van der Waals surface area (Å²) < 4.78 is 27.3. The summed E-state index contributed by atoms with van der Waals surface area (Å²) in [5.74, 6) is 2.08. The Kier molecular flexibility index (Phi) is 17.0. The molecule has 0 radical (unpaired) electrons. The number of thiophene rings is 1. The predicted octanol–water partition coefficient (Wildman–Crippen LogP) is 12.4. The van der Waals surface area contributed by atoms with Crippen LogP contribution < -0.4 is 14.9 Å². The summed E-state index contributed by atoms with van der Waals surface area (Å²) >= 11 is 5.40. The van der Waals surface area contributed by atoms with Gasteiger partial charge in [-0.1, -0.05) is 146 Å². The monoisotopic (exact) mass is 876 g/mol. The smallest absolute Gasteiger partial charge is 0.485 e. The Bertz CT molecular complexity index is 1830. The van der Waals surface area contributed by atoms with Gasteiger partial charge in [-0.05, 0) is 67.9 Å². The van der Waals surface area contributed by atoms with Crippen LogP contribution in [0.25, 0.3) is 21.5 Å². The van der Waals surface area contributed by atoms with Crippen molar-refractivity contribution in [2.45, 2.75) is 169 Å². The van der Waals surface area contributed by atoms with E-state index < -0.39 is 18.3 Å². The van der Waals surface area contributed by atoms with Crippen molar-refractivity contribution < 1.29 is 18.8 Å². The first-order valence-electron chi connectivity index (χ1n) is 22.6. The molecule has 0 amide bonds. The Labute approximate surface area is 362 Å². The lowest BCUT2D eigenvalue weighted by Gasteiger charge is -2.43. The Morgan fingerprint density at radius 1 is 0.707 bits per heavy atom. The number of hydrogen-bond donors (Lipinski definition) is 0. The fourth-order valence-corrected chi connectivity index (χ4v) is 10.6. The summed E-state index contributed by atoms with van der Waals surface area (Å²) in [6, 6.07) is 15.0. The van der Waals surface area contributed by atoms with E-state index in [4.69, 9.17) is 29.0 Å². The molecule has 4 aromatic rings. The molecule has 318 valence electrons. The molecule has 58 heavy (non-hydrogen) atoms. The second-order valence-electron chi connectivity index (χ2n) is 18.1. The Balaban J connectivity index is 1.29. The van der Waals surface area contributed by atoms with E-state index in [1.165, 1.54) is 108 Å². The lowest BCUT2D eigenvalue weighted by atomic mass is 9.74. The molecule has 1 unspecified atom stereocenters. The largest absolute Gasteiger partial charge is 0.497 e. The van der Waals surface area contributed by atoms with Crippen LogP contribution in [-0.4, -0.2) is 64.5 Å². The van der Waals surface area contributed by atoms with E-state index in [-0.39, 0.29) is 0 Å². The van der Waals surface area contributed by atoms with Crippen LogP contribution in [0.1, 0.15) is 150 Å². The molecule has 4 heterocycles. The van der Waals surface area contributed by atoms with Gasteiger partial charge in [-0.25, -0.2) is 0 Å². The van der Waals surface area contributed by atoms with Gasteiger partial charge < -0.3 is 18.8 Å². The number of ether oxygens (including phenoxy) is 2. The average molecular weight is 878 g/mol. The molecule has 0 saturated carbocycles. The summed E-state index contributed by atoms with van der Waals surface area (Å²) in [5.41, 5.74) is 3.90. The third-order valence-corrected chi connectivity index (χ3v) is 13.5. The number of rotatable bonds is 22. The molecule has 0 bridgehead atoms. The molecule has 6 rings (SSSR count). The topological polar surface area (TPSA) is 70.9 Å². The van der Waals surface area contributed by atoms with E-state index in [9.17, 15) is 0 Å². The standard InChI is InChI=1S/C47H70BBrN4O4S/c1-7-9-11-13-15-16-18-21-27-37(26-20-17-14-12-10-8-2)33-53-50-40-38(44-42-43(45(49)58-44)55-31-30-54-42)28-29-39(41(40)51-53)48-56-46(3,4)34-52(35-47(5,6)57-48)32-36-24-22-19-23-25-36/h19,22-25,28-29,37H,7-18,20-21,26-27,30-35H2,1-6H3. The van der Waals surface area contributed by atoms with Crippen molar-refractivity contribution in [1.82, 2.24) is 19.9 Å². The Morgan fingerprint density at radius 3 is 1.86 bits per heavy atom. The van der Waals surface area contributed by atoms with Gasteiger partial charge >= 0.3 is 7.12 Å². The zero-order chi connectivity index (χ0) is 41.0. The second-order valence-corrected chi connectivity index (χ2v) is 20.5. The van der Waals surface area contributed by atoms with Crippen LogP contribution in [0.3, 0.4) is 0 Å². The van der Waals surface area contributed by atoms with Crippen LogP contribution in [0.15, 0.2) is 46.3 Å². The van der Waals surface area contributed by atoms with Crippen LogP contribution in [0, 0.1) is 5.92 Å². The molecule has 2 aromatic heterocycles. The molecule has 0 spiro atoms. The molecular weight excluding hydrogens is 807 g/mol. The first-order valence-corrected chi connectivity index (χ1v) is 24.2. The molecule has 11 heteroatoms. The van der Waals surface area contributed by atoms with Gasteiger partial charge in [0.05, 0.1) is 22.6 Å². The van der Waals surface area contributed by atoms with Gasteiger partial charge in [-0.3, -0.25) is 4.90 Å². The van der Waals surface area contributed by atoms with Gasteiger partial charge in [0.1, 0.15) is 28.0 Å². The normalized spacial score (nSPS) is 17.4. The highest BCUT2D eigenvalue weighted by Gasteiger charge is 2.42. The maximum Gasteiger partial charge on any atom is 0.497 e. The molecule has 1 atom stereocenters. The van der Waals surface area contributed by atoms with Gasteiger partial charge in [-0.15, -0.1) is 11.3 Å². The van der Waals surface area contributed by atoms with Crippen molar-refractivity contribution in [1.29, 1.82) is 0 Å². The third kappa shape index (κ3) is 12.8. The second kappa shape index (κ2) is 21.9. The zero-order valence-corrected chi connectivity index (χ0v) is 38.9. The quantitative estimate of drug-likeness (QED) is 0.0575. The van der Waals surface area contributed by atoms with E-state index in [1.807, 2.05) is 4.80 Å². The Hall–Kier alpha value is -2.44. The van der Waals surface area contributed by atoms with E-state index in [0.717, 1.165) is 68.4 Å². The maximum atomic E-state index is 7.02. The third-order valence-electron chi connectivity index (χ3n) is 11.6. The van der Waals surface area contributed by atoms with Gasteiger partial charge in [0.2, 0.25) is 0 Å². The summed E-state index contributed by atoms with van der Waals surface area (Å²) in [6.07, 6.45) is 21.0. The van der Waals surface area contributed by atoms with Gasteiger partial charge in [0.25, 0.3) is 0 Å². The average Bonchev–Trinajstić information content (AvgIpc) is 3.76. The van der Waals surface area contributed by atoms with Crippen LogP contribution in [0.2, 0.25) is 0 Å².